The molecule has 0 heterocycles. The standard InChI is InChI=1S/C10H18N2O4/c1-4-5-12(7-10(15)16-3)9(14)6-11-8(2)13/h4-7H2,1-3H3,(H,11,13). The maximum absolute atomic E-state index is 11.6. The summed E-state index contributed by atoms with van der Waals surface area (Å²) < 4.78 is 4.48. The number of ether oxygens (including phenoxy) is 1. The first-order chi connectivity index (χ1) is 7.51. The SMILES string of the molecule is CCCN(CC(=O)OC)C(=O)CNC(C)=O. The van der Waals surface area contributed by atoms with E-state index in [0.29, 0.717) is 6.54 Å². The van der Waals surface area contributed by atoms with Crippen molar-refractivity contribution in [3.8, 4) is 0 Å². The highest BCUT2D eigenvalue weighted by Crippen LogP contribution is 1.93. The van der Waals surface area contributed by atoms with Gasteiger partial charge in [0.2, 0.25) is 11.8 Å². The van der Waals surface area contributed by atoms with Crippen LogP contribution in [0.25, 0.3) is 0 Å². The van der Waals surface area contributed by atoms with Crippen LogP contribution in [0, 0.1) is 0 Å². The third-order valence-corrected chi connectivity index (χ3v) is 1.88. The Morgan fingerprint density at radius 2 is 1.94 bits per heavy atom. The van der Waals surface area contributed by atoms with E-state index in [1.54, 1.807) is 0 Å². The zero-order valence-electron chi connectivity index (χ0n) is 9.91. The second kappa shape index (κ2) is 7.67. The van der Waals surface area contributed by atoms with Gasteiger partial charge in [-0.1, -0.05) is 6.92 Å². The van der Waals surface area contributed by atoms with Gasteiger partial charge >= 0.3 is 5.97 Å². The van der Waals surface area contributed by atoms with Gasteiger partial charge in [0.05, 0.1) is 13.7 Å². The van der Waals surface area contributed by atoms with Crippen LogP contribution in [0.4, 0.5) is 0 Å². The summed E-state index contributed by atoms with van der Waals surface area (Å²) >= 11 is 0. The Morgan fingerprint density at radius 3 is 2.38 bits per heavy atom. The normalized spacial score (nSPS) is 9.44. The lowest BCUT2D eigenvalue weighted by Gasteiger charge is -2.20. The third-order valence-electron chi connectivity index (χ3n) is 1.88. The van der Waals surface area contributed by atoms with E-state index < -0.39 is 5.97 Å². The topological polar surface area (TPSA) is 75.7 Å². The maximum atomic E-state index is 11.6. The van der Waals surface area contributed by atoms with E-state index in [0.717, 1.165) is 6.42 Å². The fourth-order valence-electron chi connectivity index (χ4n) is 1.09. The molecule has 0 aromatic heterocycles. The van der Waals surface area contributed by atoms with Crippen molar-refractivity contribution in [2.75, 3.05) is 26.7 Å². The first-order valence-electron chi connectivity index (χ1n) is 5.10. The molecule has 0 rings (SSSR count). The molecule has 6 heteroatoms. The lowest BCUT2D eigenvalue weighted by molar-refractivity contribution is -0.146. The minimum Gasteiger partial charge on any atom is -0.468 e. The summed E-state index contributed by atoms with van der Waals surface area (Å²) in [5, 5.41) is 2.39. The molecular formula is C10H18N2O4. The summed E-state index contributed by atoms with van der Waals surface area (Å²) in [6, 6.07) is 0. The van der Waals surface area contributed by atoms with Gasteiger partial charge in [-0.25, -0.2) is 0 Å². The molecule has 2 amide bonds. The third kappa shape index (κ3) is 6.00. The minimum atomic E-state index is -0.468. The average molecular weight is 230 g/mol. The Morgan fingerprint density at radius 1 is 1.31 bits per heavy atom. The molecular weight excluding hydrogens is 212 g/mol. The first kappa shape index (κ1) is 14.4. The van der Waals surface area contributed by atoms with Gasteiger partial charge in [-0.05, 0) is 6.42 Å². The van der Waals surface area contributed by atoms with E-state index in [1.807, 2.05) is 6.92 Å². The van der Waals surface area contributed by atoms with Gasteiger partial charge in [-0.15, -0.1) is 0 Å². The van der Waals surface area contributed by atoms with Gasteiger partial charge in [0.15, 0.2) is 0 Å². The number of amides is 2. The summed E-state index contributed by atoms with van der Waals surface area (Å²) in [6.07, 6.45) is 0.739. The van der Waals surface area contributed by atoms with E-state index in [9.17, 15) is 14.4 Å². The van der Waals surface area contributed by atoms with Gasteiger partial charge in [-0.2, -0.15) is 0 Å². The fourth-order valence-corrected chi connectivity index (χ4v) is 1.09. The van der Waals surface area contributed by atoms with Gasteiger partial charge < -0.3 is 15.0 Å². The highest BCUT2D eigenvalue weighted by atomic mass is 16.5. The molecule has 0 bridgehead atoms. The molecule has 0 aromatic carbocycles. The molecule has 1 N–H and O–H groups in total. The van der Waals surface area contributed by atoms with Crippen molar-refractivity contribution in [1.82, 2.24) is 10.2 Å². The van der Waals surface area contributed by atoms with Crippen LogP contribution in [0.1, 0.15) is 20.3 Å². The number of methoxy groups -OCH3 is 1. The molecule has 0 unspecified atom stereocenters. The van der Waals surface area contributed by atoms with Crippen molar-refractivity contribution in [3.05, 3.63) is 0 Å². The first-order valence-corrected chi connectivity index (χ1v) is 5.10. The fraction of sp³-hybridized carbons (Fsp3) is 0.700. The summed E-state index contributed by atoms with van der Waals surface area (Å²) in [4.78, 5) is 34.6. The van der Waals surface area contributed by atoms with Crippen molar-refractivity contribution in [1.29, 1.82) is 0 Å². The van der Waals surface area contributed by atoms with Crippen LogP contribution in [0.2, 0.25) is 0 Å². The van der Waals surface area contributed by atoms with E-state index in [1.165, 1.54) is 18.9 Å². The molecule has 0 aromatic rings. The van der Waals surface area contributed by atoms with Crippen molar-refractivity contribution >= 4 is 17.8 Å². The van der Waals surface area contributed by atoms with Gasteiger partial charge in [-0.3, -0.25) is 14.4 Å². The summed E-state index contributed by atoms with van der Waals surface area (Å²) in [5.74, 6) is -1.03. The van der Waals surface area contributed by atoms with Gasteiger partial charge in [0.1, 0.15) is 6.54 Å². The van der Waals surface area contributed by atoms with Crippen LogP contribution in [-0.4, -0.2) is 49.4 Å². The Balaban J connectivity index is 4.22. The van der Waals surface area contributed by atoms with Crippen LogP contribution in [0.3, 0.4) is 0 Å². The molecule has 0 saturated carbocycles. The maximum Gasteiger partial charge on any atom is 0.325 e. The predicted octanol–water partition coefficient (Wildman–Crippen LogP) is -0.466. The second-order valence-corrected chi connectivity index (χ2v) is 3.30. The molecule has 92 valence electrons. The number of nitrogens with one attached hydrogen (secondary N) is 1. The summed E-state index contributed by atoms with van der Waals surface area (Å²) in [7, 11) is 1.27. The Labute approximate surface area is 94.9 Å². The molecule has 6 nitrogen and oxygen atoms in total. The molecule has 0 atom stereocenters. The van der Waals surface area contributed by atoms with E-state index >= 15 is 0 Å². The van der Waals surface area contributed by atoms with Crippen LogP contribution in [0.5, 0.6) is 0 Å². The van der Waals surface area contributed by atoms with Crippen LogP contribution >= 0.6 is 0 Å². The predicted molar refractivity (Wildman–Crippen MR) is 57.6 cm³/mol. The van der Waals surface area contributed by atoms with E-state index in [-0.39, 0.29) is 24.9 Å². The molecule has 0 spiro atoms. The smallest absolute Gasteiger partial charge is 0.325 e. The number of rotatable bonds is 6. The number of esters is 1. The Hall–Kier alpha value is -1.59. The number of carbonyl (C=O) groups excluding carboxylic acids is 3. The molecule has 0 aliphatic carbocycles. The zero-order chi connectivity index (χ0) is 12.6. The molecule has 0 fully saturated rings. The highest BCUT2D eigenvalue weighted by Gasteiger charge is 2.16. The number of hydrogen-bond donors (Lipinski definition) is 1. The second-order valence-electron chi connectivity index (χ2n) is 3.30. The highest BCUT2D eigenvalue weighted by molar-refractivity contribution is 5.86. The van der Waals surface area contributed by atoms with Crippen molar-refractivity contribution < 1.29 is 19.1 Å². The van der Waals surface area contributed by atoms with Gasteiger partial charge in [0.25, 0.3) is 0 Å². The van der Waals surface area contributed by atoms with Crippen LogP contribution in [-0.2, 0) is 19.1 Å². The van der Waals surface area contributed by atoms with Crippen molar-refractivity contribution in [2.24, 2.45) is 0 Å². The number of nitrogens with zero attached hydrogens (tertiary/aromatic N) is 1. The molecule has 0 saturated heterocycles. The molecule has 0 radical (unpaired) electrons. The lowest BCUT2D eigenvalue weighted by Crippen LogP contribution is -2.42. The molecule has 16 heavy (non-hydrogen) atoms. The quantitative estimate of drug-likeness (QED) is 0.626. The van der Waals surface area contributed by atoms with Crippen LogP contribution < -0.4 is 5.32 Å². The van der Waals surface area contributed by atoms with Crippen molar-refractivity contribution in [2.45, 2.75) is 20.3 Å². The zero-order valence-corrected chi connectivity index (χ0v) is 9.91. The Kier molecular flexibility index (Phi) is 6.91. The average Bonchev–Trinajstić information content (AvgIpc) is 2.24. The number of hydrogen-bond acceptors (Lipinski definition) is 4. The molecule has 0 aliphatic rings. The largest absolute Gasteiger partial charge is 0.468 e. The van der Waals surface area contributed by atoms with E-state index in [2.05, 4.69) is 10.1 Å². The van der Waals surface area contributed by atoms with Crippen LogP contribution in [0.15, 0.2) is 0 Å². The van der Waals surface area contributed by atoms with E-state index in [4.69, 9.17) is 0 Å². The van der Waals surface area contributed by atoms with Gasteiger partial charge in [0, 0.05) is 13.5 Å². The number of carbonyl (C=O) groups is 3. The molecule has 0 aliphatic heterocycles. The van der Waals surface area contributed by atoms with Crippen molar-refractivity contribution in [3.63, 3.8) is 0 Å². The monoisotopic (exact) mass is 230 g/mol. The summed E-state index contributed by atoms with van der Waals surface area (Å²) in [5.41, 5.74) is 0. The minimum absolute atomic E-state index is 0.0806. The Bertz CT molecular complexity index is 266. The summed E-state index contributed by atoms with van der Waals surface area (Å²) in [6.45, 7) is 3.52. The lowest BCUT2D eigenvalue weighted by atomic mass is 10.3.